The third-order valence-corrected chi connectivity index (χ3v) is 5.06. The van der Waals surface area contributed by atoms with E-state index in [1.54, 1.807) is 36.4 Å². The zero-order chi connectivity index (χ0) is 23.8. The zero-order valence-electron chi connectivity index (χ0n) is 19.0. The quantitative estimate of drug-likeness (QED) is 0.305. The molecule has 0 fully saturated rings. The molecule has 0 aliphatic heterocycles. The largest absolute Gasteiger partial charge is 0.494 e. The van der Waals surface area contributed by atoms with Crippen LogP contribution in [0.1, 0.15) is 57.1 Å². The van der Waals surface area contributed by atoms with Crippen LogP contribution in [-0.2, 0) is 6.18 Å². The van der Waals surface area contributed by atoms with Gasteiger partial charge in [0.1, 0.15) is 17.1 Å². The second-order valence-electron chi connectivity index (χ2n) is 8.06. The minimum atomic E-state index is -4.59. The summed E-state index contributed by atoms with van der Waals surface area (Å²) in [6.45, 7) is 6.89. The van der Waals surface area contributed by atoms with Gasteiger partial charge in [-0.05, 0) is 54.3 Å². The molecule has 0 saturated carbocycles. The van der Waals surface area contributed by atoms with Crippen molar-refractivity contribution in [3.05, 3.63) is 65.9 Å². The molecule has 0 spiro atoms. The molecule has 3 rings (SSSR count). The highest BCUT2D eigenvalue weighted by atomic mass is 19.4. The number of unbranched alkanes of at least 4 members (excludes halogenated alkanes) is 2. The maximum Gasteiger partial charge on any atom is 0.421 e. The summed E-state index contributed by atoms with van der Waals surface area (Å²) >= 11 is 0. The van der Waals surface area contributed by atoms with Crippen molar-refractivity contribution in [3.8, 4) is 5.75 Å². The standard InChI is InChI=1S/C25H29F3N4O/c1-4-5-6-15-33-21-13-11-20(12-14-21)31-24-29-16-22(25(26,27)28)23(32-24)30-19-9-7-18(8-10-19)17(2)3/h7-14,16-17H,4-6,15H2,1-3H3,(H2,29,30,31,32). The van der Waals surface area contributed by atoms with Gasteiger partial charge in [0, 0.05) is 17.6 Å². The SMILES string of the molecule is CCCCCOc1ccc(Nc2ncc(C(F)(F)F)c(Nc3ccc(C(C)C)cc3)n2)cc1. The molecule has 0 atom stereocenters. The molecule has 0 amide bonds. The Labute approximate surface area is 192 Å². The normalized spacial score (nSPS) is 11.5. The highest BCUT2D eigenvalue weighted by Crippen LogP contribution is 2.35. The number of hydrogen-bond acceptors (Lipinski definition) is 5. The van der Waals surface area contributed by atoms with Crippen LogP contribution in [-0.4, -0.2) is 16.6 Å². The van der Waals surface area contributed by atoms with Gasteiger partial charge in [-0.15, -0.1) is 0 Å². The lowest BCUT2D eigenvalue weighted by molar-refractivity contribution is -0.137. The van der Waals surface area contributed by atoms with E-state index in [9.17, 15) is 13.2 Å². The molecule has 0 aliphatic carbocycles. The van der Waals surface area contributed by atoms with E-state index in [1.165, 1.54) is 0 Å². The van der Waals surface area contributed by atoms with E-state index >= 15 is 0 Å². The van der Waals surface area contributed by atoms with Crippen LogP contribution in [0, 0.1) is 0 Å². The second-order valence-corrected chi connectivity index (χ2v) is 8.06. The summed E-state index contributed by atoms with van der Waals surface area (Å²) < 4.78 is 46.2. The molecule has 3 aromatic rings. The van der Waals surface area contributed by atoms with E-state index in [0.717, 1.165) is 36.8 Å². The zero-order valence-corrected chi connectivity index (χ0v) is 19.0. The highest BCUT2D eigenvalue weighted by molar-refractivity contribution is 5.63. The van der Waals surface area contributed by atoms with Gasteiger partial charge in [0.2, 0.25) is 5.95 Å². The molecule has 8 heteroatoms. The van der Waals surface area contributed by atoms with Gasteiger partial charge in [-0.2, -0.15) is 18.2 Å². The summed E-state index contributed by atoms with van der Waals surface area (Å²) in [5.41, 5.74) is 1.32. The van der Waals surface area contributed by atoms with Crippen LogP contribution >= 0.6 is 0 Å². The number of hydrogen-bond donors (Lipinski definition) is 2. The predicted molar refractivity (Wildman–Crippen MR) is 126 cm³/mol. The molecule has 0 radical (unpaired) electrons. The number of aromatic nitrogens is 2. The van der Waals surface area contributed by atoms with Gasteiger partial charge in [-0.1, -0.05) is 45.7 Å². The van der Waals surface area contributed by atoms with E-state index in [-0.39, 0.29) is 11.8 Å². The second kappa shape index (κ2) is 11.0. The molecule has 2 aromatic carbocycles. The summed E-state index contributed by atoms with van der Waals surface area (Å²) in [5.74, 6) is 0.805. The molecule has 176 valence electrons. The van der Waals surface area contributed by atoms with Crippen LogP contribution in [0.5, 0.6) is 5.75 Å². The van der Waals surface area contributed by atoms with E-state index in [1.807, 2.05) is 12.1 Å². The van der Waals surface area contributed by atoms with Crippen LogP contribution in [0.15, 0.2) is 54.7 Å². The lowest BCUT2D eigenvalue weighted by Crippen LogP contribution is -2.12. The average molecular weight is 459 g/mol. The van der Waals surface area contributed by atoms with Crippen molar-refractivity contribution in [3.63, 3.8) is 0 Å². The Kier molecular flexibility index (Phi) is 8.14. The Morgan fingerprint density at radius 2 is 1.55 bits per heavy atom. The molecule has 0 bridgehead atoms. The van der Waals surface area contributed by atoms with Gasteiger partial charge >= 0.3 is 6.18 Å². The van der Waals surface area contributed by atoms with Gasteiger partial charge in [0.25, 0.3) is 0 Å². The summed E-state index contributed by atoms with van der Waals surface area (Å²) in [5, 5.41) is 5.73. The summed E-state index contributed by atoms with van der Waals surface area (Å²) in [4.78, 5) is 7.95. The number of alkyl halides is 3. The maximum atomic E-state index is 13.5. The Hall–Kier alpha value is -3.29. The number of ether oxygens (including phenoxy) is 1. The minimum Gasteiger partial charge on any atom is -0.494 e. The van der Waals surface area contributed by atoms with Crippen molar-refractivity contribution in [1.29, 1.82) is 0 Å². The smallest absolute Gasteiger partial charge is 0.421 e. The fourth-order valence-electron chi connectivity index (χ4n) is 3.14. The summed E-state index contributed by atoms with van der Waals surface area (Å²) in [6, 6.07) is 14.4. The molecule has 0 saturated heterocycles. The molecular weight excluding hydrogens is 429 g/mol. The first-order chi connectivity index (χ1) is 15.8. The fraction of sp³-hybridized carbons (Fsp3) is 0.360. The van der Waals surface area contributed by atoms with Gasteiger partial charge < -0.3 is 15.4 Å². The average Bonchev–Trinajstić information content (AvgIpc) is 2.77. The van der Waals surface area contributed by atoms with Gasteiger partial charge in [-0.3, -0.25) is 0 Å². The predicted octanol–water partition coefficient (Wildman–Crippen LogP) is 7.68. The Balaban J connectivity index is 1.75. The Morgan fingerprint density at radius 1 is 0.909 bits per heavy atom. The number of halogens is 3. The van der Waals surface area contributed by atoms with Gasteiger partial charge in [0.15, 0.2) is 0 Å². The fourth-order valence-corrected chi connectivity index (χ4v) is 3.14. The van der Waals surface area contributed by atoms with Crippen LogP contribution in [0.25, 0.3) is 0 Å². The summed E-state index contributed by atoms with van der Waals surface area (Å²) in [7, 11) is 0. The van der Waals surface area contributed by atoms with Crippen molar-refractivity contribution >= 4 is 23.1 Å². The van der Waals surface area contributed by atoms with E-state index in [4.69, 9.17) is 4.74 Å². The number of nitrogens with one attached hydrogen (secondary N) is 2. The first-order valence-electron chi connectivity index (χ1n) is 11.1. The van der Waals surface area contributed by atoms with Crippen molar-refractivity contribution in [2.45, 2.75) is 52.1 Å². The maximum absolute atomic E-state index is 13.5. The van der Waals surface area contributed by atoms with Crippen LogP contribution < -0.4 is 15.4 Å². The first-order valence-corrected chi connectivity index (χ1v) is 11.1. The molecule has 0 aliphatic rings. The van der Waals surface area contributed by atoms with E-state index < -0.39 is 11.7 Å². The van der Waals surface area contributed by atoms with Crippen LogP contribution in [0.2, 0.25) is 0 Å². The molecule has 1 heterocycles. The lowest BCUT2D eigenvalue weighted by Gasteiger charge is -2.15. The molecule has 2 N–H and O–H groups in total. The van der Waals surface area contributed by atoms with Crippen LogP contribution in [0.4, 0.5) is 36.3 Å². The Morgan fingerprint density at radius 3 is 2.15 bits per heavy atom. The molecule has 0 unspecified atom stereocenters. The molecular formula is C25H29F3N4O. The number of rotatable bonds is 10. The third kappa shape index (κ3) is 7.10. The van der Waals surface area contributed by atoms with Gasteiger partial charge in [-0.25, -0.2) is 4.98 Å². The number of nitrogens with zero attached hydrogens (tertiary/aromatic N) is 2. The van der Waals surface area contributed by atoms with E-state index in [2.05, 4.69) is 41.4 Å². The molecule has 1 aromatic heterocycles. The van der Waals surface area contributed by atoms with Crippen molar-refractivity contribution < 1.29 is 17.9 Å². The number of anilines is 4. The highest BCUT2D eigenvalue weighted by Gasteiger charge is 2.35. The molecule has 5 nitrogen and oxygen atoms in total. The minimum absolute atomic E-state index is 0.0564. The number of benzene rings is 2. The van der Waals surface area contributed by atoms with Crippen LogP contribution in [0.3, 0.4) is 0 Å². The van der Waals surface area contributed by atoms with Crippen molar-refractivity contribution in [2.75, 3.05) is 17.2 Å². The Bertz CT molecular complexity index is 1020. The summed E-state index contributed by atoms with van der Waals surface area (Å²) in [6.07, 6.45) is -0.574. The monoisotopic (exact) mass is 458 g/mol. The van der Waals surface area contributed by atoms with Crippen molar-refractivity contribution in [2.24, 2.45) is 0 Å². The lowest BCUT2D eigenvalue weighted by atomic mass is 10.0. The first kappa shape index (κ1) is 24.4. The topological polar surface area (TPSA) is 59.1 Å². The van der Waals surface area contributed by atoms with Gasteiger partial charge in [0.05, 0.1) is 6.61 Å². The third-order valence-electron chi connectivity index (χ3n) is 5.06. The van der Waals surface area contributed by atoms with E-state index in [0.29, 0.717) is 23.9 Å². The van der Waals surface area contributed by atoms with Crippen molar-refractivity contribution in [1.82, 2.24) is 9.97 Å². The molecule has 33 heavy (non-hydrogen) atoms.